The van der Waals surface area contributed by atoms with Crippen molar-refractivity contribution in [1.82, 2.24) is 0 Å². The average Bonchev–Trinajstić information content (AvgIpc) is 2.46. The summed E-state index contributed by atoms with van der Waals surface area (Å²) in [6, 6.07) is 14.4. The van der Waals surface area contributed by atoms with E-state index >= 15 is 0 Å². The largest absolute Gasteiger partial charge is 0.478 e. The molecule has 2 N–H and O–H groups in total. The summed E-state index contributed by atoms with van der Waals surface area (Å²) in [6.07, 6.45) is 0. The summed E-state index contributed by atoms with van der Waals surface area (Å²) in [5.74, 6) is -0.944. The maximum Gasteiger partial charge on any atom is 0.335 e. The van der Waals surface area contributed by atoms with Crippen LogP contribution in [0.5, 0.6) is 0 Å². The van der Waals surface area contributed by atoms with Gasteiger partial charge in [0.25, 0.3) is 0 Å². The lowest BCUT2D eigenvalue weighted by Crippen LogP contribution is -2.04. The first-order chi connectivity index (χ1) is 9.61. The molecule has 4 heteroatoms. The highest BCUT2D eigenvalue weighted by Gasteiger charge is 2.06. The number of carbonyl (C=O) groups is 1. The number of benzene rings is 2. The Hall–Kier alpha value is -2.80. The summed E-state index contributed by atoms with van der Waals surface area (Å²) in [4.78, 5) is 10.9. The van der Waals surface area contributed by atoms with Crippen molar-refractivity contribution in [2.75, 3.05) is 5.32 Å². The van der Waals surface area contributed by atoms with E-state index in [4.69, 9.17) is 10.4 Å². The molecule has 0 atom stereocenters. The summed E-state index contributed by atoms with van der Waals surface area (Å²) in [7, 11) is 0. The van der Waals surface area contributed by atoms with Crippen molar-refractivity contribution in [3.63, 3.8) is 0 Å². The van der Waals surface area contributed by atoms with Gasteiger partial charge >= 0.3 is 5.97 Å². The molecule has 0 radical (unpaired) electrons. The number of nitrogens with zero attached hydrogens (tertiary/aromatic N) is 1. The van der Waals surface area contributed by atoms with E-state index in [0.717, 1.165) is 16.8 Å². The first kappa shape index (κ1) is 13.6. The second-order valence-electron chi connectivity index (χ2n) is 4.47. The molecule has 0 aliphatic carbocycles. The molecule has 4 nitrogen and oxygen atoms in total. The number of para-hydroxylation sites is 1. The van der Waals surface area contributed by atoms with Gasteiger partial charge in [-0.3, -0.25) is 0 Å². The van der Waals surface area contributed by atoms with E-state index in [1.165, 1.54) is 0 Å². The number of anilines is 1. The van der Waals surface area contributed by atoms with Crippen molar-refractivity contribution in [3.05, 3.63) is 64.7 Å². The first-order valence-electron chi connectivity index (χ1n) is 6.17. The second-order valence-corrected chi connectivity index (χ2v) is 4.47. The van der Waals surface area contributed by atoms with Crippen molar-refractivity contribution >= 4 is 11.7 Å². The first-order valence-corrected chi connectivity index (χ1v) is 6.17. The Kier molecular flexibility index (Phi) is 4.02. The molecule has 0 fully saturated rings. The van der Waals surface area contributed by atoms with Crippen molar-refractivity contribution in [2.45, 2.75) is 13.5 Å². The third kappa shape index (κ3) is 2.96. The predicted octanol–water partition coefficient (Wildman–Crippen LogP) is 3.18. The smallest absolute Gasteiger partial charge is 0.335 e. The minimum atomic E-state index is -0.944. The summed E-state index contributed by atoms with van der Waals surface area (Å²) in [5.41, 5.74) is 3.47. The van der Waals surface area contributed by atoms with Gasteiger partial charge in [0.05, 0.1) is 16.8 Å². The number of carboxylic acid groups (broad SMARTS) is 1. The van der Waals surface area contributed by atoms with E-state index in [2.05, 4.69) is 11.4 Å². The molecule has 100 valence electrons. The van der Waals surface area contributed by atoms with Crippen molar-refractivity contribution in [1.29, 1.82) is 5.26 Å². The number of nitrogens with one attached hydrogen (secondary N) is 1. The molecule has 0 amide bonds. The number of carboxylic acids is 1. The lowest BCUT2D eigenvalue weighted by atomic mass is 10.1. The third-order valence-corrected chi connectivity index (χ3v) is 3.04. The fourth-order valence-corrected chi connectivity index (χ4v) is 2.00. The number of rotatable bonds is 4. The molecule has 0 unspecified atom stereocenters. The molecule has 2 aromatic carbocycles. The summed E-state index contributed by atoms with van der Waals surface area (Å²) in [6.45, 7) is 2.40. The van der Waals surface area contributed by atoms with Crippen molar-refractivity contribution in [3.8, 4) is 6.07 Å². The van der Waals surface area contributed by atoms with Gasteiger partial charge in [-0.15, -0.1) is 0 Å². The van der Waals surface area contributed by atoms with Gasteiger partial charge in [0.15, 0.2) is 0 Å². The van der Waals surface area contributed by atoms with Gasteiger partial charge in [0.2, 0.25) is 0 Å². The maximum absolute atomic E-state index is 10.9. The van der Waals surface area contributed by atoms with E-state index in [1.54, 1.807) is 24.3 Å². The van der Waals surface area contributed by atoms with Gasteiger partial charge in [-0.1, -0.05) is 24.3 Å². The zero-order valence-corrected chi connectivity index (χ0v) is 11.1. The van der Waals surface area contributed by atoms with Crippen molar-refractivity contribution < 1.29 is 9.90 Å². The van der Waals surface area contributed by atoms with Crippen LogP contribution in [-0.4, -0.2) is 11.1 Å². The molecule has 0 aromatic heterocycles. The Morgan fingerprint density at radius 3 is 2.75 bits per heavy atom. The van der Waals surface area contributed by atoms with E-state index in [9.17, 15) is 4.79 Å². The molecule has 0 aliphatic heterocycles. The van der Waals surface area contributed by atoms with Gasteiger partial charge in [-0.05, 0) is 36.2 Å². The van der Waals surface area contributed by atoms with E-state index in [-0.39, 0.29) is 5.56 Å². The molecule has 20 heavy (non-hydrogen) atoms. The van der Waals surface area contributed by atoms with Gasteiger partial charge in [0.1, 0.15) is 6.07 Å². The Bertz CT molecular complexity index is 687. The molecule has 0 heterocycles. The standard InChI is InChI=1S/C16H14N2O2/c1-11-4-2-7-14(9-17)15(11)18-10-12-5-3-6-13(8-12)16(19)20/h2-8,18H,10H2,1H3,(H,19,20). The number of aryl methyl sites for hydroxylation is 1. The third-order valence-electron chi connectivity index (χ3n) is 3.04. The quantitative estimate of drug-likeness (QED) is 0.891. The molecule has 2 rings (SSSR count). The van der Waals surface area contributed by atoms with Crippen LogP contribution in [0.25, 0.3) is 0 Å². The van der Waals surface area contributed by atoms with Crippen LogP contribution in [0.1, 0.15) is 27.0 Å². The Balaban J connectivity index is 2.19. The molecule has 0 saturated heterocycles. The maximum atomic E-state index is 10.9. The van der Waals surface area contributed by atoms with Crippen LogP contribution in [0.2, 0.25) is 0 Å². The minimum absolute atomic E-state index is 0.259. The molecule has 0 bridgehead atoms. The number of hydrogen-bond donors (Lipinski definition) is 2. The van der Waals surface area contributed by atoms with E-state index < -0.39 is 5.97 Å². The van der Waals surface area contributed by atoms with Crippen LogP contribution in [0.4, 0.5) is 5.69 Å². The van der Waals surface area contributed by atoms with Gasteiger partial charge in [-0.2, -0.15) is 5.26 Å². The topological polar surface area (TPSA) is 73.1 Å². The van der Waals surface area contributed by atoms with Crippen LogP contribution in [0, 0.1) is 18.3 Å². The van der Waals surface area contributed by atoms with Gasteiger partial charge in [-0.25, -0.2) is 4.79 Å². The van der Waals surface area contributed by atoms with Crippen LogP contribution in [-0.2, 0) is 6.54 Å². The zero-order chi connectivity index (χ0) is 14.5. The Morgan fingerprint density at radius 2 is 2.05 bits per heavy atom. The lowest BCUT2D eigenvalue weighted by molar-refractivity contribution is 0.0697. The zero-order valence-electron chi connectivity index (χ0n) is 11.1. The molecule has 0 saturated carbocycles. The minimum Gasteiger partial charge on any atom is -0.478 e. The molecule has 2 aromatic rings. The highest BCUT2D eigenvalue weighted by atomic mass is 16.4. The molecule has 0 spiro atoms. The van der Waals surface area contributed by atoms with Crippen LogP contribution in [0.3, 0.4) is 0 Å². The highest BCUT2D eigenvalue weighted by Crippen LogP contribution is 2.20. The number of hydrogen-bond acceptors (Lipinski definition) is 3. The second kappa shape index (κ2) is 5.89. The summed E-state index contributed by atoms with van der Waals surface area (Å²) in [5, 5.41) is 21.2. The fourth-order valence-electron chi connectivity index (χ4n) is 2.00. The van der Waals surface area contributed by atoms with Gasteiger partial charge < -0.3 is 10.4 Å². The Morgan fingerprint density at radius 1 is 1.30 bits per heavy atom. The summed E-state index contributed by atoms with van der Waals surface area (Å²) < 4.78 is 0. The fraction of sp³-hybridized carbons (Fsp3) is 0.125. The number of aromatic carboxylic acids is 1. The number of nitriles is 1. The van der Waals surface area contributed by atoms with E-state index in [0.29, 0.717) is 12.1 Å². The van der Waals surface area contributed by atoms with Crippen LogP contribution >= 0.6 is 0 Å². The highest BCUT2D eigenvalue weighted by molar-refractivity contribution is 5.87. The molecule has 0 aliphatic rings. The lowest BCUT2D eigenvalue weighted by Gasteiger charge is -2.11. The monoisotopic (exact) mass is 266 g/mol. The molecular formula is C16H14N2O2. The predicted molar refractivity (Wildman–Crippen MR) is 76.6 cm³/mol. The average molecular weight is 266 g/mol. The summed E-state index contributed by atoms with van der Waals surface area (Å²) >= 11 is 0. The van der Waals surface area contributed by atoms with Crippen LogP contribution in [0.15, 0.2) is 42.5 Å². The van der Waals surface area contributed by atoms with Crippen LogP contribution < -0.4 is 5.32 Å². The van der Waals surface area contributed by atoms with Gasteiger partial charge in [0, 0.05) is 6.54 Å². The van der Waals surface area contributed by atoms with E-state index in [1.807, 2.05) is 25.1 Å². The molecular weight excluding hydrogens is 252 g/mol. The normalized spacial score (nSPS) is 9.80. The Labute approximate surface area is 117 Å². The van der Waals surface area contributed by atoms with Crippen molar-refractivity contribution in [2.24, 2.45) is 0 Å². The SMILES string of the molecule is Cc1cccc(C#N)c1NCc1cccc(C(=O)O)c1.